The number of rotatable bonds is 1. The number of fused-ring (bicyclic) bond motifs is 1. The molecule has 0 aliphatic carbocycles. The van der Waals surface area contributed by atoms with E-state index in [9.17, 15) is 9.59 Å². The fourth-order valence-electron chi connectivity index (χ4n) is 1.51. The first kappa shape index (κ1) is 10.4. The van der Waals surface area contributed by atoms with E-state index in [0.29, 0.717) is 11.3 Å². The van der Waals surface area contributed by atoms with Crippen molar-refractivity contribution in [2.45, 2.75) is 0 Å². The van der Waals surface area contributed by atoms with Crippen LogP contribution < -0.4 is 4.74 Å². The molecule has 0 radical (unpaired) electrons. The van der Waals surface area contributed by atoms with Crippen molar-refractivity contribution in [2.75, 3.05) is 14.1 Å². The summed E-state index contributed by atoms with van der Waals surface area (Å²) in [6.45, 7) is 0. The van der Waals surface area contributed by atoms with E-state index in [0.717, 1.165) is 0 Å². The Labute approximate surface area is 93.1 Å². The summed E-state index contributed by atoms with van der Waals surface area (Å²) < 4.78 is 5.06. The molecular weight excluding hydrogens is 206 g/mol. The van der Waals surface area contributed by atoms with Crippen LogP contribution in [0.1, 0.15) is 10.4 Å². The van der Waals surface area contributed by atoms with Crippen LogP contribution in [0.25, 0.3) is 0 Å². The van der Waals surface area contributed by atoms with Crippen LogP contribution >= 0.6 is 0 Å². The number of Topliss-reactive ketones (excluding diaryl/α,β-unsaturated/α-hetero) is 1. The molecule has 0 atom stereocenters. The van der Waals surface area contributed by atoms with Crippen molar-refractivity contribution in [3.63, 3.8) is 0 Å². The number of esters is 1. The first-order chi connectivity index (χ1) is 7.59. The molecule has 0 unspecified atom stereocenters. The minimum Gasteiger partial charge on any atom is -0.422 e. The third kappa shape index (κ3) is 1.69. The number of carbonyl (C=O) groups is 2. The molecule has 4 heteroatoms. The molecule has 1 aliphatic heterocycles. The molecule has 2 rings (SSSR count). The van der Waals surface area contributed by atoms with Crippen LogP contribution in [-0.4, -0.2) is 30.7 Å². The van der Waals surface area contributed by atoms with Gasteiger partial charge in [0.25, 0.3) is 0 Å². The van der Waals surface area contributed by atoms with Gasteiger partial charge < -0.3 is 9.64 Å². The van der Waals surface area contributed by atoms with Crippen molar-refractivity contribution in [1.82, 2.24) is 4.90 Å². The number of ketones is 1. The Morgan fingerprint density at radius 3 is 2.56 bits per heavy atom. The summed E-state index contributed by atoms with van der Waals surface area (Å²) >= 11 is 0. The number of hydrogen-bond acceptors (Lipinski definition) is 4. The zero-order chi connectivity index (χ0) is 11.7. The lowest BCUT2D eigenvalue weighted by atomic mass is 10.0. The summed E-state index contributed by atoms with van der Waals surface area (Å²) in [6, 6.07) is 6.72. The van der Waals surface area contributed by atoms with Crippen molar-refractivity contribution >= 4 is 11.8 Å². The Morgan fingerprint density at radius 2 is 1.88 bits per heavy atom. The largest absolute Gasteiger partial charge is 0.422 e. The fourth-order valence-corrected chi connectivity index (χ4v) is 1.51. The second-order valence-corrected chi connectivity index (χ2v) is 3.72. The van der Waals surface area contributed by atoms with Gasteiger partial charge in [0.05, 0.1) is 5.56 Å². The van der Waals surface area contributed by atoms with Gasteiger partial charge in [-0.15, -0.1) is 0 Å². The Balaban J connectivity index is 2.50. The van der Waals surface area contributed by atoms with Gasteiger partial charge in [0.2, 0.25) is 5.78 Å². The molecule has 0 aromatic heterocycles. The lowest BCUT2D eigenvalue weighted by Crippen LogP contribution is -2.26. The predicted molar refractivity (Wildman–Crippen MR) is 58.2 cm³/mol. The Bertz CT molecular complexity index is 489. The average molecular weight is 217 g/mol. The molecule has 1 aromatic carbocycles. The van der Waals surface area contributed by atoms with Crippen molar-refractivity contribution in [3.05, 3.63) is 41.6 Å². The number of carbonyl (C=O) groups excluding carboxylic acids is 2. The van der Waals surface area contributed by atoms with E-state index in [1.54, 1.807) is 43.3 Å². The zero-order valence-corrected chi connectivity index (χ0v) is 9.06. The first-order valence-corrected chi connectivity index (χ1v) is 4.84. The molecule has 0 spiro atoms. The summed E-state index contributed by atoms with van der Waals surface area (Å²) in [5.74, 6) is -0.564. The van der Waals surface area contributed by atoms with E-state index < -0.39 is 5.97 Å². The van der Waals surface area contributed by atoms with Gasteiger partial charge in [0.15, 0.2) is 0 Å². The summed E-state index contributed by atoms with van der Waals surface area (Å²) in [7, 11) is 3.49. The van der Waals surface area contributed by atoms with Crippen molar-refractivity contribution in [3.8, 4) is 5.75 Å². The summed E-state index contributed by atoms with van der Waals surface area (Å²) in [4.78, 5) is 25.2. The molecule has 0 N–H and O–H groups in total. The first-order valence-electron chi connectivity index (χ1n) is 4.84. The number of hydrogen-bond donors (Lipinski definition) is 0. The lowest BCUT2D eigenvalue weighted by Gasteiger charge is -2.17. The van der Waals surface area contributed by atoms with Gasteiger partial charge >= 0.3 is 5.97 Å². The van der Waals surface area contributed by atoms with E-state index in [4.69, 9.17) is 4.74 Å². The SMILES string of the molecule is CN(C)/C=C1\C(=O)Oc2ccccc2C1=O. The van der Waals surface area contributed by atoms with Crippen LogP contribution in [0.4, 0.5) is 0 Å². The number of nitrogens with zero attached hydrogens (tertiary/aromatic N) is 1. The van der Waals surface area contributed by atoms with E-state index in [-0.39, 0.29) is 11.4 Å². The maximum absolute atomic E-state index is 12.0. The molecule has 82 valence electrons. The highest BCUT2D eigenvalue weighted by Crippen LogP contribution is 2.27. The highest BCUT2D eigenvalue weighted by atomic mass is 16.5. The maximum atomic E-state index is 12.0. The highest BCUT2D eigenvalue weighted by molar-refractivity contribution is 6.27. The van der Waals surface area contributed by atoms with Crippen molar-refractivity contribution in [2.24, 2.45) is 0 Å². The molecule has 4 nitrogen and oxygen atoms in total. The van der Waals surface area contributed by atoms with Crippen LogP contribution in [0.5, 0.6) is 5.75 Å². The van der Waals surface area contributed by atoms with Crippen LogP contribution in [-0.2, 0) is 4.79 Å². The Morgan fingerprint density at radius 1 is 1.19 bits per heavy atom. The molecule has 0 fully saturated rings. The monoisotopic (exact) mass is 217 g/mol. The minimum atomic E-state index is -0.600. The normalized spacial score (nSPS) is 17.0. The van der Waals surface area contributed by atoms with Gasteiger partial charge in [0.1, 0.15) is 11.3 Å². The molecule has 0 saturated heterocycles. The number of para-hydroxylation sites is 1. The Hall–Kier alpha value is -2.10. The fraction of sp³-hybridized carbons (Fsp3) is 0.167. The maximum Gasteiger partial charge on any atom is 0.349 e. The summed E-state index contributed by atoms with van der Waals surface area (Å²) in [5, 5.41) is 0. The van der Waals surface area contributed by atoms with Gasteiger partial charge in [-0.1, -0.05) is 12.1 Å². The molecule has 16 heavy (non-hydrogen) atoms. The van der Waals surface area contributed by atoms with Gasteiger partial charge in [-0.3, -0.25) is 4.79 Å². The zero-order valence-electron chi connectivity index (χ0n) is 9.06. The molecule has 1 aromatic rings. The third-order valence-corrected chi connectivity index (χ3v) is 2.19. The van der Waals surface area contributed by atoms with E-state index in [1.807, 2.05) is 0 Å². The standard InChI is InChI=1S/C12H11NO3/c1-13(2)7-9-11(14)8-5-3-4-6-10(8)16-12(9)15/h3-7H,1-2H3/b9-7-. The number of benzene rings is 1. The number of ether oxygens (including phenoxy) is 1. The Kier molecular flexibility index (Phi) is 2.48. The molecule has 1 heterocycles. The molecular formula is C12H11NO3. The summed E-state index contributed by atoms with van der Waals surface area (Å²) in [5.41, 5.74) is 0.485. The van der Waals surface area contributed by atoms with Crippen molar-refractivity contribution in [1.29, 1.82) is 0 Å². The third-order valence-electron chi connectivity index (χ3n) is 2.19. The summed E-state index contributed by atoms with van der Waals surface area (Å²) in [6.07, 6.45) is 1.47. The van der Waals surface area contributed by atoms with E-state index in [1.165, 1.54) is 6.20 Å². The van der Waals surface area contributed by atoms with Gasteiger partial charge in [-0.05, 0) is 12.1 Å². The van der Waals surface area contributed by atoms with Crippen LogP contribution in [0.2, 0.25) is 0 Å². The minimum absolute atomic E-state index is 0.0590. The molecule has 0 bridgehead atoms. The van der Waals surface area contributed by atoms with Crippen LogP contribution in [0.15, 0.2) is 36.0 Å². The second kappa shape index (κ2) is 3.81. The van der Waals surface area contributed by atoms with Crippen LogP contribution in [0.3, 0.4) is 0 Å². The molecule has 1 aliphatic rings. The highest BCUT2D eigenvalue weighted by Gasteiger charge is 2.30. The van der Waals surface area contributed by atoms with Crippen LogP contribution in [0, 0.1) is 0 Å². The average Bonchev–Trinajstić information content (AvgIpc) is 2.24. The van der Waals surface area contributed by atoms with Gasteiger partial charge in [-0.2, -0.15) is 0 Å². The molecule has 0 saturated carbocycles. The quantitative estimate of drug-likeness (QED) is 0.307. The topological polar surface area (TPSA) is 46.6 Å². The van der Waals surface area contributed by atoms with Gasteiger partial charge in [0, 0.05) is 20.3 Å². The van der Waals surface area contributed by atoms with Gasteiger partial charge in [-0.25, -0.2) is 4.79 Å². The predicted octanol–water partition coefficient (Wildman–Crippen LogP) is 1.23. The molecule has 0 amide bonds. The van der Waals surface area contributed by atoms with E-state index in [2.05, 4.69) is 0 Å². The van der Waals surface area contributed by atoms with E-state index >= 15 is 0 Å². The smallest absolute Gasteiger partial charge is 0.349 e. The second-order valence-electron chi connectivity index (χ2n) is 3.72. The lowest BCUT2D eigenvalue weighted by molar-refractivity contribution is -0.130. The van der Waals surface area contributed by atoms with Crippen molar-refractivity contribution < 1.29 is 14.3 Å².